The zero-order chi connectivity index (χ0) is 66.9. The van der Waals surface area contributed by atoms with E-state index in [2.05, 4.69) is 52.5 Å². The van der Waals surface area contributed by atoms with E-state index in [-0.39, 0.29) is 25.9 Å². The van der Waals surface area contributed by atoms with E-state index < -0.39 is 193 Å². The highest BCUT2D eigenvalue weighted by Crippen LogP contribution is 2.30. The predicted molar refractivity (Wildman–Crippen MR) is 319 cm³/mol. The van der Waals surface area contributed by atoms with Gasteiger partial charge in [-0.3, -0.25) is 52.7 Å². The number of para-hydroxylation sites is 2. The fourth-order valence-corrected chi connectivity index (χ4v) is 10.9. The first-order chi connectivity index (χ1) is 43.0. The lowest BCUT2D eigenvalue weighted by Gasteiger charge is -2.32. The molecule has 15 unspecified atom stereocenters. The first kappa shape index (κ1) is 69.1. The third-order valence-corrected chi connectivity index (χ3v) is 16.2. The standard InChI is InChI=1S/C59H77N13O19/c1-25(2)49(79)46-55(85)67-43(26(3)33-22-62-36-14-10-8-12-32(33)36)52(82)66-37(19-30-21-61-35-13-9-7-11-31(30)35)57(87)72-18-16-40(76)48(72)59(90)91-29(6)45(54(84)64-27(4)50(80)63-23-42(78)71-17-15-39(75)47(71)56(86)70-46)69-53(83)44(28(5)74)68-51(81)38(24-73)65-41(77)20-34(60)58(88)89/h7-14,19,21-22,25-29,34,38-40,43-49,61-62,73-76,79H,15-18,20,23-24,60H2,1-6H3,(H,63,80)(H,64,84)(H,65,77)(H,66,82)(H,67,85)(H,68,81)(H,69,83)(H,70,86)(H,88,89). The minimum Gasteiger partial charge on any atom is -0.480 e. The van der Waals surface area contributed by atoms with Gasteiger partial charge in [0.25, 0.3) is 5.91 Å². The van der Waals surface area contributed by atoms with Crippen molar-refractivity contribution in [1.82, 2.24) is 62.3 Å². The molecule has 18 N–H and O–H groups in total. The maximum atomic E-state index is 15.4. The summed E-state index contributed by atoms with van der Waals surface area (Å²) < 4.78 is 5.78. The molecule has 32 heteroatoms. The summed E-state index contributed by atoms with van der Waals surface area (Å²) in [5, 5.41) is 84.4. The molecule has 91 heavy (non-hydrogen) atoms. The fourth-order valence-electron chi connectivity index (χ4n) is 10.9. The molecule has 5 heterocycles. The molecule has 2 aromatic heterocycles. The van der Waals surface area contributed by atoms with Crippen LogP contribution in [-0.2, 0) is 62.3 Å². The number of cyclic esters (lactones) is 1. The van der Waals surface area contributed by atoms with Crippen molar-refractivity contribution in [3.63, 3.8) is 0 Å². The number of carboxylic acid groups (broad SMARTS) is 1. The van der Waals surface area contributed by atoms with E-state index in [0.717, 1.165) is 30.6 Å². The fraction of sp³-hybridized carbons (Fsp3) is 0.492. The molecular weight excluding hydrogens is 1190 g/mol. The molecule has 492 valence electrons. The predicted octanol–water partition coefficient (Wildman–Crippen LogP) is -4.98. The minimum absolute atomic E-state index is 0.166. The molecular formula is C59H77N13O19. The summed E-state index contributed by atoms with van der Waals surface area (Å²) in [6, 6.07) is -2.74. The number of ether oxygens (including phenoxy) is 1. The van der Waals surface area contributed by atoms with Crippen LogP contribution in [0.5, 0.6) is 0 Å². The molecule has 3 aliphatic rings. The number of nitrogens with two attached hydrogens (primary N) is 1. The molecule has 0 saturated carbocycles. The number of carboxylic acids is 1. The van der Waals surface area contributed by atoms with E-state index in [9.17, 15) is 73.5 Å². The average molecular weight is 1270 g/mol. The minimum atomic E-state index is -2.12. The number of hydrogen-bond donors (Lipinski definition) is 17. The number of aliphatic carboxylic acids is 1. The van der Waals surface area contributed by atoms with Gasteiger partial charge in [0.2, 0.25) is 53.2 Å². The molecule has 3 fully saturated rings. The number of aromatic nitrogens is 2. The van der Waals surface area contributed by atoms with Gasteiger partial charge in [-0.2, -0.15) is 0 Å². The summed E-state index contributed by atoms with van der Waals surface area (Å²) in [6.07, 6.45) is -5.55. The Hall–Kier alpha value is -9.34. The van der Waals surface area contributed by atoms with Gasteiger partial charge < -0.3 is 103 Å². The van der Waals surface area contributed by atoms with Gasteiger partial charge >= 0.3 is 11.9 Å². The number of hydrogen-bond acceptors (Lipinski definition) is 19. The first-order valence-electron chi connectivity index (χ1n) is 29.4. The summed E-state index contributed by atoms with van der Waals surface area (Å²) in [6.45, 7) is 5.28. The molecule has 4 aromatic rings. The van der Waals surface area contributed by atoms with E-state index in [1.165, 1.54) is 26.1 Å². The van der Waals surface area contributed by atoms with Crippen LogP contribution >= 0.6 is 0 Å². The molecule has 0 spiro atoms. The number of carbonyl (C=O) groups excluding carboxylic acids is 11. The molecule has 2 aromatic carbocycles. The lowest BCUT2D eigenvalue weighted by atomic mass is 9.91. The highest BCUT2D eigenvalue weighted by atomic mass is 16.5. The van der Waals surface area contributed by atoms with Crippen LogP contribution in [0, 0.1) is 5.92 Å². The highest BCUT2D eigenvalue weighted by molar-refractivity contribution is 6.07. The van der Waals surface area contributed by atoms with Gasteiger partial charge in [-0.25, -0.2) is 4.79 Å². The second-order valence-corrected chi connectivity index (χ2v) is 23.1. The lowest BCUT2D eigenvalue weighted by molar-refractivity contribution is -0.162. The Balaban J connectivity index is 1.30. The molecule has 10 amide bonds. The van der Waals surface area contributed by atoms with Crippen molar-refractivity contribution < 1.29 is 92.9 Å². The molecule has 32 nitrogen and oxygen atoms in total. The van der Waals surface area contributed by atoms with Crippen molar-refractivity contribution in [2.24, 2.45) is 11.7 Å². The Labute approximate surface area is 519 Å². The van der Waals surface area contributed by atoms with Crippen molar-refractivity contribution in [2.75, 3.05) is 26.2 Å². The maximum absolute atomic E-state index is 15.4. The molecule has 3 aliphatic heterocycles. The van der Waals surface area contributed by atoms with Crippen LogP contribution in [0.1, 0.15) is 77.8 Å². The molecule has 0 radical (unpaired) electrons. The molecule has 15 atom stereocenters. The van der Waals surface area contributed by atoms with Crippen LogP contribution in [-0.4, -0.2) is 233 Å². The number of nitrogens with one attached hydrogen (secondary N) is 10. The summed E-state index contributed by atoms with van der Waals surface area (Å²) in [7, 11) is 0. The lowest BCUT2D eigenvalue weighted by Crippen LogP contribution is -2.63. The normalized spacial score (nSPS) is 26.1. The van der Waals surface area contributed by atoms with Gasteiger partial charge in [0, 0.05) is 58.8 Å². The van der Waals surface area contributed by atoms with Gasteiger partial charge in [0.05, 0.1) is 44.0 Å². The number of aliphatic hydroxyl groups excluding tert-OH is 5. The monoisotopic (exact) mass is 1270 g/mol. The zero-order valence-corrected chi connectivity index (χ0v) is 50.5. The molecule has 0 aliphatic carbocycles. The van der Waals surface area contributed by atoms with Gasteiger partial charge in [-0.1, -0.05) is 57.2 Å². The summed E-state index contributed by atoms with van der Waals surface area (Å²) in [5.41, 5.74) is 6.91. The van der Waals surface area contributed by atoms with Crippen LogP contribution < -0.4 is 48.3 Å². The Morgan fingerprint density at radius 2 is 1.34 bits per heavy atom. The van der Waals surface area contributed by atoms with Crippen LogP contribution in [0.15, 0.2) is 66.6 Å². The van der Waals surface area contributed by atoms with Crippen molar-refractivity contribution in [2.45, 2.75) is 152 Å². The zero-order valence-electron chi connectivity index (χ0n) is 50.5. The number of H-pyrrole nitrogens is 2. The second-order valence-electron chi connectivity index (χ2n) is 23.1. The van der Waals surface area contributed by atoms with Gasteiger partial charge in [0.1, 0.15) is 60.1 Å². The number of fused-ring (bicyclic) bond motifs is 4. The van der Waals surface area contributed by atoms with E-state index in [0.29, 0.717) is 32.9 Å². The Bertz CT molecular complexity index is 3460. The number of rotatable bonds is 15. The van der Waals surface area contributed by atoms with Crippen LogP contribution in [0.2, 0.25) is 0 Å². The van der Waals surface area contributed by atoms with E-state index in [1.54, 1.807) is 61.7 Å². The van der Waals surface area contributed by atoms with Crippen LogP contribution in [0.4, 0.5) is 0 Å². The SMILES string of the molecule is CC1NC(=O)C(NC(=O)C(NC(=O)C(CO)NC(=O)CC(N)C(=O)O)C(C)O)C(C)OC(=O)C2C(O)CCN2C(=O)C(=Cc2c[nH]c3ccccc23)NC(=O)C(C(C)c2c[nH]c3ccccc23)NC(=O)C(C(O)C(C)C)NC(=O)C2C(O)CCN2C(=O)CNC1=O. The number of aliphatic hydroxyl groups is 5. The number of carbonyl (C=O) groups is 12. The van der Waals surface area contributed by atoms with Crippen molar-refractivity contribution >= 4 is 98.9 Å². The van der Waals surface area contributed by atoms with Gasteiger partial charge in [-0.05, 0) is 63.3 Å². The van der Waals surface area contributed by atoms with Crippen molar-refractivity contribution in [3.05, 3.63) is 77.7 Å². The van der Waals surface area contributed by atoms with Gasteiger partial charge in [0.15, 0.2) is 6.04 Å². The quantitative estimate of drug-likeness (QED) is 0.0391. The highest BCUT2D eigenvalue weighted by Gasteiger charge is 2.48. The summed E-state index contributed by atoms with van der Waals surface area (Å²) >= 11 is 0. The molecule has 0 bridgehead atoms. The Morgan fingerprint density at radius 3 is 1.98 bits per heavy atom. The second kappa shape index (κ2) is 30.0. The Morgan fingerprint density at radius 1 is 0.736 bits per heavy atom. The van der Waals surface area contributed by atoms with Crippen molar-refractivity contribution in [1.29, 1.82) is 0 Å². The topological polar surface area (TPSA) is 496 Å². The van der Waals surface area contributed by atoms with Crippen LogP contribution in [0.25, 0.3) is 27.9 Å². The van der Waals surface area contributed by atoms with Crippen LogP contribution in [0.3, 0.4) is 0 Å². The third kappa shape index (κ3) is 16.2. The molecule has 7 rings (SSSR count). The average Bonchev–Trinajstić information content (AvgIpc) is 1.82. The Kier molecular flexibility index (Phi) is 22.8. The van der Waals surface area contributed by atoms with Gasteiger partial charge in [-0.15, -0.1) is 0 Å². The van der Waals surface area contributed by atoms with E-state index in [1.807, 2.05) is 0 Å². The maximum Gasteiger partial charge on any atom is 0.331 e. The number of esters is 1. The smallest absolute Gasteiger partial charge is 0.331 e. The largest absolute Gasteiger partial charge is 0.480 e. The van der Waals surface area contributed by atoms with E-state index in [4.69, 9.17) is 15.6 Å². The summed E-state index contributed by atoms with van der Waals surface area (Å²) in [5.74, 6) is -16.2. The number of amides is 10. The third-order valence-electron chi connectivity index (χ3n) is 16.2. The number of nitrogens with zero attached hydrogens (tertiary/aromatic N) is 2. The molecule has 3 saturated heterocycles. The first-order valence-corrected chi connectivity index (χ1v) is 29.4. The number of aromatic amines is 2. The summed E-state index contributed by atoms with van der Waals surface area (Å²) in [4.78, 5) is 176. The van der Waals surface area contributed by atoms with Crippen molar-refractivity contribution in [3.8, 4) is 0 Å². The number of benzene rings is 2. The van der Waals surface area contributed by atoms with E-state index >= 15 is 9.59 Å².